The van der Waals surface area contributed by atoms with Gasteiger partial charge in [0.25, 0.3) is 0 Å². The van der Waals surface area contributed by atoms with Gasteiger partial charge in [0.2, 0.25) is 0 Å². The minimum Gasteiger partial charge on any atom is -0.389 e. The Morgan fingerprint density at radius 3 is 2.32 bits per heavy atom. The highest BCUT2D eigenvalue weighted by atomic mass is 16.9. The molecule has 0 unspecified atom stereocenters. The summed E-state index contributed by atoms with van der Waals surface area (Å²) in [6.45, 7) is 7.25. The Morgan fingerprint density at radius 2 is 1.59 bits per heavy atom. The molecule has 0 saturated carbocycles. The van der Waals surface area contributed by atoms with Crippen LogP contribution in [-0.4, -0.2) is 91.5 Å². The fourth-order valence-corrected chi connectivity index (χ4v) is 5.91. The minimum absolute atomic E-state index is 0.137. The Balaban J connectivity index is 1.26. The number of ketones is 1. The number of hydrogen-bond acceptors (Lipinski definition) is 11. The summed E-state index contributed by atoms with van der Waals surface area (Å²) < 4.78 is 54.0. The van der Waals surface area contributed by atoms with Gasteiger partial charge in [-0.1, -0.05) is 30.3 Å². The first kappa shape index (κ1) is 25.8. The van der Waals surface area contributed by atoms with E-state index in [1.807, 2.05) is 30.3 Å². The number of benzene rings is 1. The van der Waals surface area contributed by atoms with Crippen LogP contribution >= 0.6 is 0 Å². The first-order chi connectivity index (χ1) is 17.6. The summed E-state index contributed by atoms with van der Waals surface area (Å²) in [5, 5.41) is 11.7. The van der Waals surface area contributed by atoms with Crippen LogP contribution in [0.15, 0.2) is 30.3 Å². The molecule has 37 heavy (non-hydrogen) atoms. The summed E-state index contributed by atoms with van der Waals surface area (Å²) in [5.41, 5.74) is 0.781. The minimum atomic E-state index is -1.38. The van der Waals surface area contributed by atoms with Crippen LogP contribution in [-0.2, 0) is 47.4 Å². The molecule has 0 aliphatic carbocycles. The van der Waals surface area contributed by atoms with Crippen LogP contribution in [0, 0.1) is 5.92 Å². The molecule has 0 aromatic heterocycles. The van der Waals surface area contributed by atoms with Crippen LogP contribution in [0.3, 0.4) is 0 Å². The van der Waals surface area contributed by atoms with Gasteiger partial charge >= 0.3 is 0 Å². The lowest BCUT2D eigenvalue weighted by atomic mass is 9.82. The third-order valence-corrected chi connectivity index (χ3v) is 7.43. The fraction of sp³-hybridized carbons (Fsp3) is 0.731. The van der Waals surface area contributed by atoms with E-state index in [-0.39, 0.29) is 12.4 Å². The van der Waals surface area contributed by atoms with Gasteiger partial charge in [0, 0.05) is 12.7 Å². The number of hydrogen-bond donors (Lipinski definition) is 1. The molecule has 204 valence electrons. The fourth-order valence-electron chi connectivity index (χ4n) is 5.91. The van der Waals surface area contributed by atoms with E-state index in [1.165, 1.54) is 7.11 Å². The lowest BCUT2D eigenvalue weighted by Gasteiger charge is -2.47. The average Bonchev–Trinajstić information content (AvgIpc) is 3.37. The topological polar surface area (TPSA) is 120 Å². The lowest BCUT2D eigenvalue weighted by Crippen LogP contribution is -2.65. The first-order valence-electron chi connectivity index (χ1n) is 12.7. The van der Waals surface area contributed by atoms with Gasteiger partial charge in [0.1, 0.15) is 42.5 Å². The SMILES string of the molecule is CO[C@H]1O[C@@H]2CO[C@@H](c3ccccc3)O[C@H]2C(=O)[C@@H]1[C@H](O)[C@@H]1O[C@H]2OC(C)(C)O[C@H]2[C@@H]2OC(C)(C)O[C@@H]21. The van der Waals surface area contributed by atoms with Gasteiger partial charge in [-0.15, -0.1) is 0 Å². The van der Waals surface area contributed by atoms with Gasteiger partial charge in [-0.25, -0.2) is 0 Å². The first-order valence-corrected chi connectivity index (χ1v) is 12.7. The summed E-state index contributed by atoms with van der Waals surface area (Å²) >= 11 is 0. The lowest BCUT2D eigenvalue weighted by molar-refractivity contribution is -0.322. The summed E-state index contributed by atoms with van der Waals surface area (Å²) in [6, 6.07) is 9.34. The highest BCUT2D eigenvalue weighted by molar-refractivity contribution is 5.88. The van der Waals surface area contributed by atoms with Crippen LogP contribution in [0.25, 0.3) is 0 Å². The highest BCUT2D eigenvalue weighted by Gasteiger charge is 2.64. The van der Waals surface area contributed by atoms with E-state index in [4.69, 9.17) is 42.6 Å². The summed E-state index contributed by atoms with van der Waals surface area (Å²) in [7, 11) is 1.42. The molecule has 0 amide bonds. The second-order valence-corrected chi connectivity index (χ2v) is 11.0. The van der Waals surface area contributed by atoms with Gasteiger partial charge in [-0.05, 0) is 27.7 Å². The molecule has 11 heteroatoms. The van der Waals surface area contributed by atoms with Gasteiger partial charge in [0.15, 0.2) is 36.2 Å². The maximum absolute atomic E-state index is 13.9. The predicted octanol–water partition coefficient (Wildman–Crippen LogP) is 1.41. The average molecular weight is 523 g/mol. The molecule has 0 spiro atoms. The van der Waals surface area contributed by atoms with E-state index < -0.39 is 79.1 Å². The van der Waals surface area contributed by atoms with Crippen LogP contribution in [0.2, 0.25) is 0 Å². The van der Waals surface area contributed by atoms with Crippen molar-refractivity contribution in [2.45, 2.75) is 101 Å². The normalized spacial score (nSPS) is 45.1. The van der Waals surface area contributed by atoms with Crippen molar-refractivity contribution in [1.82, 2.24) is 0 Å². The number of methoxy groups -OCH3 is 1. The van der Waals surface area contributed by atoms with Crippen LogP contribution in [0.4, 0.5) is 0 Å². The zero-order valence-electron chi connectivity index (χ0n) is 21.5. The van der Waals surface area contributed by atoms with E-state index >= 15 is 0 Å². The Morgan fingerprint density at radius 1 is 0.919 bits per heavy atom. The van der Waals surface area contributed by atoms with Gasteiger partial charge in [-0.2, -0.15) is 0 Å². The number of aliphatic hydroxyl groups is 1. The van der Waals surface area contributed by atoms with Crippen molar-refractivity contribution in [2.75, 3.05) is 13.7 Å². The number of aliphatic hydroxyl groups excluding tert-OH is 1. The number of fused-ring (bicyclic) bond motifs is 4. The molecule has 5 aliphatic rings. The Labute approximate surface area is 215 Å². The van der Waals surface area contributed by atoms with E-state index in [2.05, 4.69) is 0 Å². The van der Waals surface area contributed by atoms with Crippen molar-refractivity contribution in [1.29, 1.82) is 0 Å². The second kappa shape index (κ2) is 9.30. The molecule has 0 radical (unpaired) electrons. The molecule has 5 fully saturated rings. The number of rotatable bonds is 4. The molecule has 1 aromatic rings. The molecule has 11 nitrogen and oxygen atoms in total. The van der Waals surface area contributed by atoms with Crippen LogP contribution < -0.4 is 0 Å². The molecular weight excluding hydrogens is 488 g/mol. The van der Waals surface area contributed by atoms with Crippen molar-refractivity contribution >= 4 is 5.78 Å². The summed E-state index contributed by atoms with van der Waals surface area (Å²) in [6.07, 6.45) is -8.45. The molecule has 5 aliphatic heterocycles. The van der Waals surface area contributed by atoms with Crippen molar-refractivity contribution in [3.63, 3.8) is 0 Å². The third-order valence-electron chi connectivity index (χ3n) is 7.43. The molecule has 11 atom stereocenters. The van der Waals surface area contributed by atoms with Gasteiger partial charge in [0.05, 0.1) is 12.7 Å². The largest absolute Gasteiger partial charge is 0.389 e. The predicted molar refractivity (Wildman–Crippen MR) is 123 cm³/mol. The Hall–Kier alpha value is -1.51. The number of Topliss-reactive ketones (excluding diaryl/α,β-unsaturated/α-hetero) is 1. The summed E-state index contributed by atoms with van der Waals surface area (Å²) in [5.74, 6) is -3.34. The molecule has 6 rings (SSSR count). The number of carbonyl (C=O) groups excluding carboxylic acids is 1. The van der Waals surface area contributed by atoms with Crippen molar-refractivity contribution in [3.8, 4) is 0 Å². The van der Waals surface area contributed by atoms with Crippen molar-refractivity contribution in [3.05, 3.63) is 35.9 Å². The zero-order valence-corrected chi connectivity index (χ0v) is 21.5. The molecule has 0 bridgehead atoms. The second-order valence-electron chi connectivity index (χ2n) is 11.0. The number of carbonyl (C=O) groups is 1. The van der Waals surface area contributed by atoms with Crippen LogP contribution in [0.1, 0.15) is 39.5 Å². The maximum Gasteiger partial charge on any atom is 0.190 e. The Kier molecular flexibility index (Phi) is 6.47. The van der Waals surface area contributed by atoms with Gasteiger partial charge in [-0.3, -0.25) is 4.79 Å². The van der Waals surface area contributed by atoms with E-state index in [9.17, 15) is 9.90 Å². The highest BCUT2D eigenvalue weighted by Crippen LogP contribution is 2.46. The Bertz CT molecular complexity index is 999. The third kappa shape index (κ3) is 4.55. The van der Waals surface area contributed by atoms with E-state index in [1.54, 1.807) is 27.7 Å². The molecule has 5 saturated heterocycles. The van der Waals surface area contributed by atoms with Crippen molar-refractivity contribution < 1.29 is 52.5 Å². The smallest absolute Gasteiger partial charge is 0.190 e. The quantitative estimate of drug-likeness (QED) is 0.618. The zero-order chi connectivity index (χ0) is 26.1. The monoisotopic (exact) mass is 522 g/mol. The van der Waals surface area contributed by atoms with Crippen molar-refractivity contribution in [2.24, 2.45) is 5.92 Å². The maximum atomic E-state index is 13.9. The van der Waals surface area contributed by atoms with Crippen LogP contribution in [0.5, 0.6) is 0 Å². The number of ether oxygens (including phenoxy) is 9. The van der Waals surface area contributed by atoms with Gasteiger partial charge < -0.3 is 47.7 Å². The molecule has 1 aromatic carbocycles. The summed E-state index contributed by atoms with van der Waals surface area (Å²) in [4.78, 5) is 13.9. The van der Waals surface area contributed by atoms with E-state index in [0.29, 0.717) is 0 Å². The molecule has 1 N–H and O–H groups in total. The molecular formula is C26H34O11. The standard InChI is InChI=1S/C26H34O11/c1-25(2)34-19-18(33-24-21(20(19)35-25)36-26(3,4)37-24)16(28)14-15(27)17-13(31-23(14)29-5)11-30-22(32-17)12-9-7-6-8-10-12/h6-10,13-14,16-24,28H,11H2,1-5H3/t13-,14-,16+,17-,18+,19-,20-,21+,22-,23+,24+/m1/s1. The molecule has 5 heterocycles. The van der Waals surface area contributed by atoms with E-state index in [0.717, 1.165) is 5.56 Å².